The van der Waals surface area contributed by atoms with Crippen LogP contribution in [0.15, 0.2) is 44.7 Å². The number of hydrogen-bond acceptors (Lipinski definition) is 3. The Kier molecular flexibility index (Phi) is 3.38. The molecular weight excluding hydrogens is 232 g/mol. The van der Waals surface area contributed by atoms with Gasteiger partial charge in [0.15, 0.2) is 16.6 Å². The summed E-state index contributed by atoms with van der Waals surface area (Å²) < 4.78 is 5.45. The molecule has 1 heterocycles. The summed E-state index contributed by atoms with van der Waals surface area (Å²) in [6, 6.07) is 9.83. The Labute approximate surface area is 105 Å². The van der Waals surface area contributed by atoms with Gasteiger partial charge in [0.1, 0.15) is 0 Å². The molecule has 17 heavy (non-hydrogen) atoms. The van der Waals surface area contributed by atoms with Gasteiger partial charge in [-0.2, -0.15) is 0 Å². The van der Waals surface area contributed by atoms with Gasteiger partial charge in [-0.25, -0.2) is 0 Å². The van der Waals surface area contributed by atoms with Gasteiger partial charge in [-0.3, -0.25) is 4.79 Å². The van der Waals surface area contributed by atoms with Gasteiger partial charge in [0, 0.05) is 11.8 Å². The Bertz CT molecular complexity index is 555. The van der Waals surface area contributed by atoms with Crippen molar-refractivity contribution in [3.8, 4) is 0 Å². The molecule has 0 atom stereocenters. The highest BCUT2D eigenvalue weighted by Gasteiger charge is 2.08. The van der Waals surface area contributed by atoms with Crippen molar-refractivity contribution >= 4 is 17.5 Å². The molecule has 0 amide bonds. The minimum absolute atomic E-state index is 0.0440. The lowest BCUT2D eigenvalue weighted by Crippen LogP contribution is -1.86. The van der Waals surface area contributed by atoms with Crippen molar-refractivity contribution in [3.63, 3.8) is 0 Å². The van der Waals surface area contributed by atoms with Gasteiger partial charge in [-0.05, 0) is 37.6 Å². The fourth-order valence-corrected chi connectivity index (χ4v) is 2.43. The van der Waals surface area contributed by atoms with Crippen LogP contribution < -0.4 is 0 Å². The molecule has 0 N–H and O–H groups in total. The first-order chi connectivity index (χ1) is 8.06. The van der Waals surface area contributed by atoms with E-state index in [2.05, 4.69) is 32.0 Å². The van der Waals surface area contributed by atoms with E-state index in [1.54, 1.807) is 17.8 Å². The average Bonchev–Trinajstić information content (AvgIpc) is 2.71. The Morgan fingerprint density at radius 1 is 1.18 bits per heavy atom. The minimum atomic E-state index is -0.0440. The standard InChI is InChI=1S/C14H14O2S/c1-9-4-6-13(10(2)8-9)17-14-7-5-12(16-14)11(3)15/h4-8H,1-3H3. The quantitative estimate of drug-likeness (QED) is 0.758. The third-order valence-corrected chi connectivity index (χ3v) is 3.57. The number of rotatable bonds is 3. The van der Waals surface area contributed by atoms with Crippen LogP contribution in [0, 0.1) is 13.8 Å². The summed E-state index contributed by atoms with van der Waals surface area (Å²) in [7, 11) is 0. The van der Waals surface area contributed by atoms with E-state index in [1.807, 2.05) is 6.07 Å². The lowest BCUT2D eigenvalue weighted by Gasteiger charge is -2.04. The molecule has 0 bridgehead atoms. The van der Waals surface area contributed by atoms with Crippen LogP contribution in [0.3, 0.4) is 0 Å². The van der Waals surface area contributed by atoms with Gasteiger partial charge in [-0.15, -0.1) is 0 Å². The molecule has 0 fully saturated rings. The summed E-state index contributed by atoms with van der Waals surface area (Å²) in [4.78, 5) is 12.3. The van der Waals surface area contributed by atoms with Crippen LogP contribution in [-0.2, 0) is 0 Å². The molecule has 0 aliphatic heterocycles. The number of carbonyl (C=O) groups is 1. The van der Waals surface area contributed by atoms with Gasteiger partial charge in [0.05, 0.1) is 0 Å². The highest BCUT2D eigenvalue weighted by molar-refractivity contribution is 7.99. The van der Waals surface area contributed by atoms with Crippen LogP contribution in [0.2, 0.25) is 0 Å². The van der Waals surface area contributed by atoms with Crippen molar-refractivity contribution in [2.45, 2.75) is 30.8 Å². The van der Waals surface area contributed by atoms with Crippen molar-refractivity contribution in [2.24, 2.45) is 0 Å². The number of furan rings is 1. The maximum absolute atomic E-state index is 11.1. The van der Waals surface area contributed by atoms with Gasteiger partial charge in [-0.1, -0.05) is 29.5 Å². The molecule has 2 aromatic rings. The molecule has 1 aromatic heterocycles. The molecule has 0 aliphatic carbocycles. The van der Waals surface area contributed by atoms with E-state index in [4.69, 9.17) is 4.42 Å². The summed E-state index contributed by atoms with van der Waals surface area (Å²) >= 11 is 1.54. The molecule has 0 unspecified atom stereocenters. The second-order valence-electron chi connectivity index (χ2n) is 4.05. The van der Waals surface area contributed by atoms with E-state index < -0.39 is 0 Å². The number of carbonyl (C=O) groups excluding carboxylic acids is 1. The van der Waals surface area contributed by atoms with Gasteiger partial charge in [0.25, 0.3) is 0 Å². The Morgan fingerprint density at radius 3 is 2.53 bits per heavy atom. The number of aryl methyl sites for hydroxylation is 2. The van der Waals surface area contributed by atoms with Crippen molar-refractivity contribution in [2.75, 3.05) is 0 Å². The highest BCUT2D eigenvalue weighted by atomic mass is 32.2. The van der Waals surface area contributed by atoms with Crippen LogP contribution in [0.25, 0.3) is 0 Å². The lowest BCUT2D eigenvalue weighted by molar-refractivity contribution is 0.0982. The molecule has 88 valence electrons. The van der Waals surface area contributed by atoms with E-state index in [1.165, 1.54) is 18.1 Å². The van der Waals surface area contributed by atoms with Crippen LogP contribution in [0.4, 0.5) is 0 Å². The first-order valence-electron chi connectivity index (χ1n) is 5.42. The fourth-order valence-electron chi connectivity index (χ4n) is 1.59. The molecule has 3 heteroatoms. The third kappa shape index (κ3) is 2.80. The zero-order valence-electron chi connectivity index (χ0n) is 10.1. The molecule has 2 nitrogen and oxygen atoms in total. The van der Waals surface area contributed by atoms with E-state index in [9.17, 15) is 4.79 Å². The van der Waals surface area contributed by atoms with Crippen molar-refractivity contribution in [1.29, 1.82) is 0 Å². The number of ketones is 1. The third-order valence-electron chi connectivity index (χ3n) is 2.47. The molecule has 0 aliphatic rings. The number of benzene rings is 1. The monoisotopic (exact) mass is 246 g/mol. The van der Waals surface area contributed by atoms with E-state index in [-0.39, 0.29) is 5.78 Å². The highest BCUT2D eigenvalue weighted by Crippen LogP contribution is 2.31. The molecule has 2 rings (SSSR count). The summed E-state index contributed by atoms with van der Waals surface area (Å²) in [6.45, 7) is 5.65. The van der Waals surface area contributed by atoms with Gasteiger partial charge >= 0.3 is 0 Å². The predicted molar refractivity (Wildman–Crippen MR) is 68.8 cm³/mol. The summed E-state index contributed by atoms with van der Waals surface area (Å²) in [5.74, 6) is 0.370. The Morgan fingerprint density at radius 2 is 1.94 bits per heavy atom. The number of hydrogen-bond donors (Lipinski definition) is 0. The molecule has 0 saturated heterocycles. The Hall–Kier alpha value is -1.48. The number of Topliss-reactive ketones (excluding diaryl/α,β-unsaturated/α-hetero) is 1. The van der Waals surface area contributed by atoms with E-state index >= 15 is 0 Å². The SMILES string of the molecule is CC(=O)c1ccc(Sc2ccc(C)cc2C)o1. The molecule has 0 radical (unpaired) electrons. The normalized spacial score (nSPS) is 10.5. The average molecular weight is 246 g/mol. The molecule has 1 aromatic carbocycles. The van der Waals surface area contributed by atoms with Crippen molar-refractivity contribution in [3.05, 3.63) is 47.2 Å². The second-order valence-corrected chi connectivity index (χ2v) is 5.09. The van der Waals surface area contributed by atoms with Crippen LogP contribution in [0.5, 0.6) is 0 Å². The van der Waals surface area contributed by atoms with E-state index in [0.29, 0.717) is 5.76 Å². The summed E-state index contributed by atoms with van der Waals surface area (Å²) in [5, 5.41) is 0.752. The first kappa shape index (κ1) is 12.0. The molecule has 0 saturated carbocycles. The minimum Gasteiger partial charge on any atom is -0.446 e. The lowest BCUT2D eigenvalue weighted by atomic mass is 10.2. The molecular formula is C14H14O2S. The van der Waals surface area contributed by atoms with Crippen LogP contribution in [-0.4, -0.2) is 5.78 Å². The van der Waals surface area contributed by atoms with Crippen molar-refractivity contribution in [1.82, 2.24) is 0 Å². The summed E-state index contributed by atoms with van der Waals surface area (Å²) in [5.41, 5.74) is 2.46. The second kappa shape index (κ2) is 4.80. The smallest absolute Gasteiger partial charge is 0.194 e. The van der Waals surface area contributed by atoms with E-state index in [0.717, 1.165) is 9.99 Å². The predicted octanol–water partition coefficient (Wildman–Crippen LogP) is 4.25. The first-order valence-corrected chi connectivity index (χ1v) is 6.24. The molecule has 0 spiro atoms. The Balaban J connectivity index is 2.22. The largest absolute Gasteiger partial charge is 0.446 e. The van der Waals surface area contributed by atoms with Crippen LogP contribution in [0.1, 0.15) is 28.6 Å². The zero-order valence-corrected chi connectivity index (χ0v) is 10.9. The van der Waals surface area contributed by atoms with Gasteiger partial charge < -0.3 is 4.42 Å². The van der Waals surface area contributed by atoms with Crippen molar-refractivity contribution < 1.29 is 9.21 Å². The van der Waals surface area contributed by atoms with Gasteiger partial charge in [0.2, 0.25) is 0 Å². The zero-order chi connectivity index (χ0) is 12.4. The maximum Gasteiger partial charge on any atom is 0.194 e. The summed E-state index contributed by atoms with van der Waals surface area (Å²) in [6.07, 6.45) is 0. The van der Waals surface area contributed by atoms with Crippen LogP contribution >= 0.6 is 11.8 Å². The maximum atomic E-state index is 11.1. The fraction of sp³-hybridized carbons (Fsp3) is 0.214. The topological polar surface area (TPSA) is 30.2 Å².